The third kappa shape index (κ3) is 5.37. The number of halogens is 1. The zero-order chi connectivity index (χ0) is 24.9. The van der Waals surface area contributed by atoms with Crippen LogP contribution in [0.4, 0.5) is 4.39 Å². The number of carbonyl (C=O) groups is 2. The third-order valence-electron chi connectivity index (χ3n) is 6.66. The molecule has 2 unspecified atom stereocenters. The lowest BCUT2D eigenvalue weighted by atomic mass is 9.95. The van der Waals surface area contributed by atoms with Crippen molar-refractivity contribution in [2.24, 2.45) is 0 Å². The molecule has 2 aliphatic rings. The predicted molar refractivity (Wildman–Crippen MR) is 130 cm³/mol. The van der Waals surface area contributed by atoms with Gasteiger partial charge in [-0.25, -0.2) is 4.39 Å². The molecule has 36 heavy (non-hydrogen) atoms. The molecule has 0 saturated heterocycles. The highest BCUT2D eigenvalue weighted by molar-refractivity contribution is 5.90. The van der Waals surface area contributed by atoms with Crippen LogP contribution in [0.1, 0.15) is 49.5 Å². The van der Waals surface area contributed by atoms with E-state index in [9.17, 15) is 14.0 Å². The minimum absolute atomic E-state index is 0.00484. The van der Waals surface area contributed by atoms with Crippen molar-refractivity contribution in [1.82, 2.24) is 10.2 Å². The van der Waals surface area contributed by atoms with Crippen LogP contribution in [-0.4, -0.2) is 35.5 Å². The molecule has 1 aromatic heterocycles. The second kappa shape index (κ2) is 10.8. The molecule has 1 saturated carbocycles. The van der Waals surface area contributed by atoms with Crippen LogP contribution in [-0.2, 0) is 16.1 Å². The number of ether oxygens (including phenoxy) is 2. The summed E-state index contributed by atoms with van der Waals surface area (Å²) in [5, 5.41) is 3.13. The van der Waals surface area contributed by atoms with Gasteiger partial charge in [-0.05, 0) is 54.8 Å². The van der Waals surface area contributed by atoms with Gasteiger partial charge in [-0.15, -0.1) is 0 Å². The summed E-state index contributed by atoms with van der Waals surface area (Å²) in [5.74, 6) is 0.249. The van der Waals surface area contributed by atoms with Crippen molar-refractivity contribution in [2.75, 3.05) is 6.61 Å². The minimum atomic E-state index is -1.03. The van der Waals surface area contributed by atoms with Crippen LogP contribution in [0.25, 0.3) is 0 Å². The van der Waals surface area contributed by atoms with Gasteiger partial charge in [0.1, 0.15) is 18.2 Å². The summed E-state index contributed by atoms with van der Waals surface area (Å²) in [5.41, 5.74) is 0.670. The second-order valence-corrected chi connectivity index (χ2v) is 9.22. The molecule has 1 fully saturated rings. The van der Waals surface area contributed by atoms with Gasteiger partial charge in [0.15, 0.2) is 17.5 Å². The quantitative estimate of drug-likeness (QED) is 0.514. The van der Waals surface area contributed by atoms with Crippen LogP contribution >= 0.6 is 0 Å². The Balaban J connectivity index is 1.46. The normalized spacial score (nSPS) is 18.3. The standard InChI is InChI=1S/C28H29FN2O5/c29-20-14-12-19(13-15-20)17-31(28(33)25-18-35-22-9-4-5-10-23(22)36-25)26(24-11-6-16-34-24)27(32)30-21-7-2-1-3-8-21/h4-6,9-16,21,25-26H,1-3,7-8,17-18H2,(H,30,32). The second-order valence-electron chi connectivity index (χ2n) is 9.22. The van der Waals surface area contributed by atoms with Crippen molar-refractivity contribution in [3.8, 4) is 11.5 Å². The lowest BCUT2D eigenvalue weighted by Gasteiger charge is -2.35. The van der Waals surface area contributed by atoms with E-state index in [0.29, 0.717) is 22.8 Å². The fourth-order valence-electron chi connectivity index (χ4n) is 4.81. The van der Waals surface area contributed by atoms with Gasteiger partial charge in [-0.2, -0.15) is 0 Å². The number of benzene rings is 2. The molecule has 0 bridgehead atoms. The third-order valence-corrected chi connectivity index (χ3v) is 6.66. The summed E-state index contributed by atoms with van der Waals surface area (Å²) in [7, 11) is 0. The van der Waals surface area contributed by atoms with E-state index < -0.39 is 18.1 Å². The smallest absolute Gasteiger partial charge is 0.268 e. The summed E-state index contributed by atoms with van der Waals surface area (Å²) >= 11 is 0. The first-order valence-corrected chi connectivity index (χ1v) is 12.4. The number of furan rings is 1. The topological polar surface area (TPSA) is 81.0 Å². The summed E-state index contributed by atoms with van der Waals surface area (Å²) in [6, 6.07) is 15.4. The van der Waals surface area contributed by atoms with Gasteiger partial charge in [-0.3, -0.25) is 9.59 Å². The number of fused-ring (bicyclic) bond motifs is 1. The molecule has 1 aliphatic heterocycles. The van der Waals surface area contributed by atoms with Crippen molar-refractivity contribution < 1.29 is 27.9 Å². The lowest BCUT2D eigenvalue weighted by Crippen LogP contribution is -2.52. The number of para-hydroxylation sites is 2. The molecule has 188 valence electrons. The first kappa shape index (κ1) is 23.9. The van der Waals surface area contributed by atoms with Crippen molar-refractivity contribution >= 4 is 11.8 Å². The van der Waals surface area contributed by atoms with Gasteiger partial charge in [0.2, 0.25) is 6.10 Å². The molecular formula is C28H29FN2O5. The molecule has 2 atom stereocenters. The molecule has 5 rings (SSSR count). The van der Waals surface area contributed by atoms with Crippen molar-refractivity contribution in [3.63, 3.8) is 0 Å². The molecule has 1 aliphatic carbocycles. The maximum absolute atomic E-state index is 13.9. The highest BCUT2D eigenvalue weighted by Crippen LogP contribution is 2.33. The molecule has 2 heterocycles. The summed E-state index contributed by atoms with van der Waals surface area (Å²) in [4.78, 5) is 29.1. The van der Waals surface area contributed by atoms with E-state index in [1.807, 2.05) is 6.07 Å². The lowest BCUT2D eigenvalue weighted by molar-refractivity contribution is -0.150. The van der Waals surface area contributed by atoms with E-state index in [-0.39, 0.29) is 30.9 Å². The number of nitrogens with zero attached hydrogens (tertiary/aromatic N) is 1. The molecular weight excluding hydrogens is 463 g/mol. The molecule has 0 radical (unpaired) electrons. The van der Waals surface area contributed by atoms with Gasteiger partial charge in [0.25, 0.3) is 11.8 Å². The average Bonchev–Trinajstić information content (AvgIpc) is 3.44. The summed E-state index contributed by atoms with van der Waals surface area (Å²) in [6.45, 7) is 0.0644. The highest BCUT2D eigenvalue weighted by atomic mass is 19.1. The summed E-state index contributed by atoms with van der Waals surface area (Å²) in [6.07, 6.45) is 5.59. The number of carbonyl (C=O) groups excluding carboxylic acids is 2. The molecule has 7 nitrogen and oxygen atoms in total. The Morgan fingerprint density at radius 3 is 2.44 bits per heavy atom. The van der Waals surface area contributed by atoms with Crippen molar-refractivity contribution in [1.29, 1.82) is 0 Å². The number of hydrogen-bond donors (Lipinski definition) is 1. The first-order valence-electron chi connectivity index (χ1n) is 12.4. The summed E-state index contributed by atoms with van der Waals surface area (Å²) < 4.78 is 31.0. The molecule has 2 amide bonds. The molecule has 2 aromatic carbocycles. The molecule has 0 spiro atoms. The number of rotatable bonds is 7. The minimum Gasteiger partial charge on any atom is -0.485 e. The van der Waals surface area contributed by atoms with E-state index >= 15 is 0 Å². The maximum atomic E-state index is 13.9. The van der Waals surface area contributed by atoms with Crippen molar-refractivity contribution in [2.45, 2.75) is 56.8 Å². The SMILES string of the molecule is O=C(NC1CCCCC1)C(c1ccco1)N(Cc1ccc(F)cc1)C(=O)C1COc2ccccc2O1. The fourth-order valence-corrected chi connectivity index (χ4v) is 4.81. The Morgan fingerprint density at radius 1 is 0.972 bits per heavy atom. The molecule has 3 aromatic rings. The largest absolute Gasteiger partial charge is 0.485 e. The Kier molecular flexibility index (Phi) is 7.21. The van der Waals surface area contributed by atoms with Gasteiger partial charge in [-0.1, -0.05) is 43.5 Å². The predicted octanol–water partition coefficient (Wildman–Crippen LogP) is 4.78. The van der Waals surface area contributed by atoms with Crippen LogP contribution in [0, 0.1) is 5.82 Å². The maximum Gasteiger partial charge on any atom is 0.268 e. The first-order chi connectivity index (χ1) is 17.6. The van der Waals surface area contributed by atoms with E-state index in [1.165, 1.54) is 23.3 Å². The zero-order valence-corrected chi connectivity index (χ0v) is 19.9. The Labute approximate surface area is 209 Å². The van der Waals surface area contributed by atoms with Crippen LogP contribution < -0.4 is 14.8 Å². The fraction of sp³-hybridized carbons (Fsp3) is 0.357. The van der Waals surface area contributed by atoms with Gasteiger partial charge in [0, 0.05) is 12.6 Å². The van der Waals surface area contributed by atoms with E-state index in [0.717, 1.165) is 32.1 Å². The Morgan fingerprint density at radius 2 is 1.72 bits per heavy atom. The number of amides is 2. The molecule has 1 N–H and O–H groups in total. The molecule has 8 heteroatoms. The van der Waals surface area contributed by atoms with Crippen LogP contribution in [0.15, 0.2) is 71.3 Å². The Hall–Kier alpha value is -3.81. The van der Waals surface area contributed by atoms with Gasteiger partial charge < -0.3 is 24.1 Å². The Bertz CT molecular complexity index is 1170. The van der Waals surface area contributed by atoms with Crippen molar-refractivity contribution in [3.05, 3.63) is 84.1 Å². The van der Waals surface area contributed by atoms with Gasteiger partial charge >= 0.3 is 0 Å². The highest BCUT2D eigenvalue weighted by Gasteiger charge is 2.40. The van der Waals surface area contributed by atoms with E-state index in [2.05, 4.69) is 5.32 Å². The van der Waals surface area contributed by atoms with Gasteiger partial charge in [0.05, 0.1) is 6.26 Å². The van der Waals surface area contributed by atoms with Crippen LogP contribution in [0.2, 0.25) is 0 Å². The van der Waals surface area contributed by atoms with E-state index in [4.69, 9.17) is 13.9 Å². The number of nitrogens with one attached hydrogen (secondary N) is 1. The van der Waals surface area contributed by atoms with Crippen LogP contribution in [0.5, 0.6) is 11.5 Å². The van der Waals surface area contributed by atoms with Crippen LogP contribution in [0.3, 0.4) is 0 Å². The average molecular weight is 493 g/mol. The van der Waals surface area contributed by atoms with E-state index in [1.54, 1.807) is 42.5 Å². The zero-order valence-electron chi connectivity index (χ0n) is 19.9. The number of hydrogen-bond acceptors (Lipinski definition) is 5. The monoisotopic (exact) mass is 492 g/mol.